The number of nitrogens with zero attached hydrogens (tertiary/aromatic N) is 4. The van der Waals surface area contributed by atoms with Crippen molar-refractivity contribution in [2.45, 2.75) is 13.3 Å². The molecule has 0 bridgehead atoms. The molecule has 0 aliphatic rings. The van der Waals surface area contributed by atoms with Crippen molar-refractivity contribution in [1.29, 1.82) is 5.26 Å². The molecule has 0 saturated carbocycles. The Kier molecular flexibility index (Phi) is 6.16. The topological polar surface area (TPSA) is 109 Å². The highest BCUT2D eigenvalue weighted by atomic mass is 19.1. The number of rotatable bonds is 7. The van der Waals surface area contributed by atoms with Crippen molar-refractivity contribution in [2.24, 2.45) is 0 Å². The first-order valence-electron chi connectivity index (χ1n) is 7.60. The van der Waals surface area contributed by atoms with E-state index >= 15 is 0 Å². The Morgan fingerprint density at radius 3 is 2.77 bits per heavy atom. The number of carbonyl (C=O) groups excluding carboxylic acids is 1. The van der Waals surface area contributed by atoms with Crippen LogP contribution in [0.2, 0.25) is 0 Å². The summed E-state index contributed by atoms with van der Waals surface area (Å²) in [5.74, 6) is -1.93. The fourth-order valence-corrected chi connectivity index (χ4v) is 2.20. The van der Waals surface area contributed by atoms with Crippen LogP contribution < -0.4 is 9.64 Å². The van der Waals surface area contributed by atoms with E-state index in [-0.39, 0.29) is 24.4 Å². The number of halogens is 1. The summed E-state index contributed by atoms with van der Waals surface area (Å²) < 4.78 is 19.2. The summed E-state index contributed by atoms with van der Waals surface area (Å²) in [6.07, 6.45) is -0.00763. The number of hydrogen-bond acceptors (Lipinski definition) is 6. The zero-order chi connectivity index (χ0) is 19.1. The van der Waals surface area contributed by atoms with Gasteiger partial charge in [0.05, 0.1) is 18.2 Å². The minimum atomic E-state index is -0.711. The van der Waals surface area contributed by atoms with Gasteiger partial charge in [0.2, 0.25) is 5.75 Å². The maximum atomic E-state index is 14.0. The lowest BCUT2D eigenvalue weighted by atomic mass is 10.2. The van der Waals surface area contributed by atoms with Crippen molar-refractivity contribution >= 4 is 17.4 Å². The van der Waals surface area contributed by atoms with Crippen molar-refractivity contribution in [2.75, 3.05) is 18.1 Å². The molecule has 1 amide bonds. The Morgan fingerprint density at radius 1 is 1.38 bits per heavy atom. The Bertz CT molecular complexity index is 866. The highest BCUT2D eigenvalue weighted by Crippen LogP contribution is 2.25. The Balaban J connectivity index is 2.19. The lowest BCUT2D eigenvalue weighted by Gasteiger charge is -2.22. The number of ether oxygens (including phenoxy) is 1. The predicted octanol–water partition coefficient (Wildman–Crippen LogP) is 2.76. The van der Waals surface area contributed by atoms with Crippen LogP contribution in [0.4, 0.5) is 15.9 Å². The van der Waals surface area contributed by atoms with Crippen LogP contribution in [0.15, 0.2) is 36.4 Å². The first-order valence-corrected chi connectivity index (χ1v) is 7.60. The second kappa shape index (κ2) is 8.53. The SMILES string of the molecule is Cc1ccc(OCC(=O)N(CCC#N)c2ccccc2F)c([N+](=O)[O-])n1. The molecule has 0 aliphatic carbocycles. The fourth-order valence-electron chi connectivity index (χ4n) is 2.20. The fraction of sp³-hybridized carbons (Fsp3) is 0.235. The maximum Gasteiger partial charge on any atom is 0.406 e. The first kappa shape index (κ1) is 18.8. The van der Waals surface area contributed by atoms with E-state index in [1.807, 2.05) is 6.07 Å². The third kappa shape index (κ3) is 4.51. The molecule has 0 unspecified atom stereocenters. The van der Waals surface area contributed by atoms with Crippen LogP contribution in [0.5, 0.6) is 5.75 Å². The number of pyridine rings is 1. The van der Waals surface area contributed by atoms with Gasteiger partial charge in [-0.3, -0.25) is 4.79 Å². The molecule has 1 aromatic heterocycles. The zero-order valence-corrected chi connectivity index (χ0v) is 13.9. The van der Waals surface area contributed by atoms with Gasteiger partial charge in [-0.25, -0.2) is 4.39 Å². The number of aryl methyl sites for hydroxylation is 1. The Morgan fingerprint density at radius 2 is 2.12 bits per heavy atom. The number of hydrogen-bond donors (Lipinski definition) is 0. The van der Waals surface area contributed by atoms with Crippen LogP contribution in [0.1, 0.15) is 12.1 Å². The molecule has 26 heavy (non-hydrogen) atoms. The molecule has 0 atom stereocenters. The number of para-hydroxylation sites is 1. The number of carbonyl (C=O) groups is 1. The normalized spacial score (nSPS) is 10.0. The molecule has 2 aromatic rings. The molecule has 0 saturated heterocycles. The summed E-state index contributed by atoms with van der Waals surface area (Å²) in [5.41, 5.74) is 0.435. The summed E-state index contributed by atoms with van der Waals surface area (Å²) in [6.45, 7) is 0.989. The largest absolute Gasteiger partial charge is 0.476 e. The van der Waals surface area contributed by atoms with Gasteiger partial charge in [-0.05, 0) is 34.2 Å². The van der Waals surface area contributed by atoms with E-state index in [4.69, 9.17) is 10.00 Å². The lowest BCUT2D eigenvalue weighted by molar-refractivity contribution is -0.390. The Labute approximate surface area is 148 Å². The number of anilines is 1. The van der Waals surface area contributed by atoms with E-state index in [0.717, 1.165) is 4.90 Å². The van der Waals surface area contributed by atoms with Crippen LogP contribution >= 0.6 is 0 Å². The molecular weight excluding hydrogens is 343 g/mol. The number of nitriles is 1. The Hall–Kier alpha value is -3.54. The number of nitro groups is 1. The van der Waals surface area contributed by atoms with E-state index in [2.05, 4.69) is 4.98 Å². The second-order valence-electron chi connectivity index (χ2n) is 5.23. The van der Waals surface area contributed by atoms with Crippen molar-refractivity contribution in [3.63, 3.8) is 0 Å². The number of amides is 1. The third-order valence-electron chi connectivity index (χ3n) is 3.39. The first-order chi connectivity index (χ1) is 12.4. The molecular formula is C17H15FN4O4. The highest BCUT2D eigenvalue weighted by molar-refractivity contribution is 5.94. The molecule has 0 radical (unpaired) electrons. The van der Waals surface area contributed by atoms with Crippen LogP contribution in [-0.2, 0) is 4.79 Å². The number of benzene rings is 1. The van der Waals surface area contributed by atoms with Gasteiger partial charge in [-0.2, -0.15) is 5.26 Å². The minimum Gasteiger partial charge on any atom is -0.476 e. The van der Waals surface area contributed by atoms with Crippen molar-refractivity contribution in [1.82, 2.24) is 4.98 Å². The molecule has 0 N–H and O–H groups in total. The minimum absolute atomic E-state index is 0.00730. The third-order valence-corrected chi connectivity index (χ3v) is 3.39. The lowest BCUT2D eigenvalue weighted by Crippen LogP contribution is -2.36. The van der Waals surface area contributed by atoms with Gasteiger partial charge in [0.15, 0.2) is 6.61 Å². The smallest absolute Gasteiger partial charge is 0.406 e. The van der Waals surface area contributed by atoms with E-state index < -0.39 is 29.1 Å². The standard InChI is InChI=1S/C17H15FN4O4/c1-12-7-8-15(17(20-12)22(24)25)26-11-16(23)21(10-4-9-19)14-6-3-2-5-13(14)18/h2-3,5-8H,4,10-11H2,1H3. The monoisotopic (exact) mass is 358 g/mol. The molecule has 2 rings (SSSR count). The van der Waals surface area contributed by atoms with E-state index in [9.17, 15) is 19.3 Å². The van der Waals surface area contributed by atoms with Crippen molar-refractivity contribution in [3.05, 3.63) is 58.0 Å². The predicted molar refractivity (Wildman–Crippen MR) is 90.1 cm³/mol. The van der Waals surface area contributed by atoms with Crippen LogP contribution in [0.3, 0.4) is 0 Å². The van der Waals surface area contributed by atoms with Gasteiger partial charge in [0.1, 0.15) is 11.5 Å². The number of aromatic nitrogens is 1. The summed E-state index contributed by atoms with van der Waals surface area (Å²) in [4.78, 5) is 27.6. The van der Waals surface area contributed by atoms with Gasteiger partial charge in [0.25, 0.3) is 5.91 Å². The molecule has 0 spiro atoms. The molecule has 8 nitrogen and oxygen atoms in total. The molecule has 134 valence electrons. The molecule has 1 aromatic carbocycles. The molecule has 9 heteroatoms. The van der Waals surface area contributed by atoms with Crippen LogP contribution in [0.25, 0.3) is 0 Å². The molecule has 0 fully saturated rings. The molecule has 0 aliphatic heterocycles. The van der Waals surface area contributed by atoms with Gasteiger partial charge in [-0.15, -0.1) is 0 Å². The van der Waals surface area contributed by atoms with Gasteiger partial charge >= 0.3 is 5.82 Å². The van der Waals surface area contributed by atoms with Gasteiger partial charge < -0.3 is 19.8 Å². The van der Waals surface area contributed by atoms with Gasteiger partial charge in [0, 0.05) is 13.5 Å². The van der Waals surface area contributed by atoms with E-state index in [1.165, 1.54) is 30.3 Å². The summed E-state index contributed by atoms with van der Waals surface area (Å²) >= 11 is 0. The summed E-state index contributed by atoms with van der Waals surface area (Å²) in [5, 5.41) is 19.8. The van der Waals surface area contributed by atoms with E-state index in [1.54, 1.807) is 13.0 Å². The highest BCUT2D eigenvalue weighted by Gasteiger charge is 2.22. The average Bonchev–Trinajstić information content (AvgIpc) is 2.62. The quantitative estimate of drug-likeness (QED) is 0.556. The van der Waals surface area contributed by atoms with Crippen LogP contribution in [0, 0.1) is 34.2 Å². The van der Waals surface area contributed by atoms with Crippen molar-refractivity contribution < 1.29 is 18.8 Å². The van der Waals surface area contributed by atoms with Crippen molar-refractivity contribution in [3.8, 4) is 11.8 Å². The maximum absolute atomic E-state index is 14.0. The zero-order valence-electron chi connectivity index (χ0n) is 13.9. The second-order valence-corrected chi connectivity index (χ2v) is 5.23. The van der Waals surface area contributed by atoms with Gasteiger partial charge in [-0.1, -0.05) is 12.1 Å². The average molecular weight is 358 g/mol. The molecule has 1 heterocycles. The summed E-state index contributed by atoms with van der Waals surface area (Å²) in [6, 6.07) is 10.4. The van der Waals surface area contributed by atoms with Crippen LogP contribution in [-0.4, -0.2) is 29.0 Å². The summed E-state index contributed by atoms with van der Waals surface area (Å²) in [7, 11) is 0. The van der Waals surface area contributed by atoms with E-state index in [0.29, 0.717) is 5.69 Å².